The topological polar surface area (TPSA) is 64.6 Å². The fourth-order valence-corrected chi connectivity index (χ4v) is 4.24. The van der Waals surface area contributed by atoms with Gasteiger partial charge in [0, 0.05) is 17.1 Å². The lowest BCUT2D eigenvalue weighted by molar-refractivity contribution is 0.393. The van der Waals surface area contributed by atoms with Crippen LogP contribution in [0.5, 0.6) is 11.5 Å². The number of nitrogens with one attached hydrogen (secondary N) is 1. The van der Waals surface area contributed by atoms with E-state index < -0.39 is 10.0 Å². The molecular formula is C18H22BrNO4S. The number of rotatable bonds is 8. The van der Waals surface area contributed by atoms with E-state index in [-0.39, 0.29) is 6.54 Å². The lowest BCUT2D eigenvalue weighted by Crippen LogP contribution is -2.27. The van der Waals surface area contributed by atoms with E-state index in [1.165, 1.54) is 0 Å². The first-order valence-electron chi connectivity index (χ1n) is 7.89. The Morgan fingerprint density at radius 1 is 1.04 bits per heavy atom. The van der Waals surface area contributed by atoms with Crippen LogP contribution in [0.3, 0.4) is 0 Å². The molecule has 0 amide bonds. The molecule has 0 aliphatic heterocycles. The van der Waals surface area contributed by atoms with Gasteiger partial charge in [-0.3, -0.25) is 0 Å². The average molecular weight is 428 g/mol. The number of hydrogen-bond donors (Lipinski definition) is 1. The molecule has 0 radical (unpaired) electrons. The highest BCUT2D eigenvalue weighted by atomic mass is 79.9. The molecule has 7 heteroatoms. The second kappa shape index (κ2) is 8.69. The van der Waals surface area contributed by atoms with Gasteiger partial charge in [0.2, 0.25) is 10.0 Å². The number of hydrogen-bond acceptors (Lipinski definition) is 4. The minimum absolute atomic E-state index is 0.290. The summed E-state index contributed by atoms with van der Waals surface area (Å²) in [5, 5.41) is 0. The summed E-state index contributed by atoms with van der Waals surface area (Å²) in [6.07, 6.45) is 1.17. The SMILES string of the molecule is CCc1cc(Br)ccc1S(=O)(=O)NCCc1cc(OC)cc(OC)c1. The first-order valence-corrected chi connectivity index (χ1v) is 10.2. The minimum atomic E-state index is -3.55. The van der Waals surface area contributed by atoms with E-state index >= 15 is 0 Å². The predicted octanol–water partition coefficient (Wildman–Crippen LogP) is 3.55. The maximum atomic E-state index is 12.6. The maximum Gasteiger partial charge on any atom is 0.240 e. The Morgan fingerprint density at radius 3 is 2.24 bits per heavy atom. The molecule has 0 fully saturated rings. The van der Waals surface area contributed by atoms with E-state index in [0.717, 1.165) is 15.6 Å². The molecule has 0 aliphatic rings. The van der Waals surface area contributed by atoms with Crippen molar-refractivity contribution in [1.82, 2.24) is 4.72 Å². The molecule has 25 heavy (non-hydrogen) atoms. The Morgan fingerprint density at radius 2 is 1.68 bits per heavy atom. The van der Waals surface area contributed by atoms with E-state index in [1.807, 2.05) is 25.1 Å². The van der Waals surface area contributed by atoms with Crippen molar-refractivity contribution in [3.8, 4) is 11.5 Å². The summed E-state index contributed by atoms with van der Waals surface area (Å²) in [7, 11) is -0.386. The summed E-state index contributed by atoms with van der Waals surface area (Å²) >= 11 is 3.38. The van der Waals surface area contributed by atoms with Gasteiger partial charge < -0.3 is 9.47 Å². The van der Waals surface area contributed by atoms with E-state index in [9.17, 15) is 8.42 Å². The van der Waals surface area contributed by atoms with Crippen LogP contribution in [-0.4, -0.2) is 29.2 Å². The van der Waals surface area contributed by atoms with Crippen molar-refractivity contribution < 1.29 is 17.9 Å². The highest BCUT2D eigenvalue weighted by molar-refractivity contribution is 9.10. The van der Waals surface area contributed by atoms with Gasteiger partial charge in [-0.05, 0) is 54.3 Å². The third-order valence-corrected chi connectivity index (χ3v) is 5.86. The molecule has 0 atom stereocenters. The molecule has 2 aromatic rings. The second-order valence-electron chi connectivity index (χ2n) is 5.47. The van der Waals surface area contributed by atoms with Gasteiger partial charge in [0.1, 0.15) is 11.5 Å². The normalized spacial score (nSPS) is 11.4. The third-order valence-electron chi connectivity index (χ3n) is 3.81. The molecule has 0 spiro atoms. The van der Waals surface area contributed by atoms with Crippen molar-refractivity contribution in [2.24, 2.45) is 0 Å². The minimum Gasteiger partial charge on any atom is -0.497 e. The lowest BCUT2D eigenvalue weighted by Gasteiger charge is -2.12. The molecule has 1 N–H and O–H groups in total. The summed E-state index contributed by atoms with van der Waals surface area (Å²) in [5.74, 6) is 1.36. The van der Waals surface area contributed by atoms with Crippen molar-refractivity contribution >= 4 is 26.0 Å². The van der Waals surface area contributed by atoms with Gasteiger partial charge in [0.25, 0.3) is 0 Å². The summed E-state index contributed by atoms with van der Waals surface area (Å²) in [5.41, 5.74) is 1.72. The van der Waals surface area contributed by atoms with Gasteiger partial charge in [-0.25, -0.2) is 13.1 Å². The molecule has 0 unspecified atom stereocenters. The van der Waals surface area contributed by atoms with Gasteiger partial charge in [-0.15, -0.1) is 0 Å². The first-order chi connectivity index (χ1) is 11.9. The number of ether oxygens (including phenoxy) is 2. The van der Waals surface area contributed by atoms with Gasteiger partial charge in [-0.1, -0.05) is 22.9 Å². The molecule has 136 valence electrons. The van der Waals surface area contributed by atoms with Gasteiger partial charge >= 0.3 is 0 Å². The largest absolute Gasteiger partial charge is 0.497 e. The molecule has 0 aliphatic carbocycles. The van der Waals surface area contributed by atoms with Crippen LogP contribution in [0.2, 0.25) is 0 Å². The highest BCUT2D eigenvalue weighted by Crippen LogP contribution is 2.23. The Bertz CT molecular complexity index is 815. The van der Waals surface area contributed by atoms with Gasteiger partial charge in [0.15, 0.2) is 0 Å². The molecule has 2 rings (SSSR count). The summed E-state index contributed by atoms with van der Waals surface area (Å²) in [4.78, 5) is 0.321. The second-order valence-corrected chi connectivity index (χ2v) is 8.13. The van der Waals surface area contributed by atoms with Crippen molar-refractivity contribution in [2.75, 3.05) is 20.8 Å². The van der Waals surface area contributed by atoms with Crippen molar-refractivity contribution in [3.63, 3.8) is 0 Å². The monoisotopic (exact) mass is 427 g/mol. The number of halogens is 1. The third kappa shape index (κ3) is 5.20. The molecule has 0 aromatic heterocycles. The lowest BCUT2D eigenvalue weighted by atomic mass is 10.1. The van der Waals surface area contributed by atoms with E-state index in [1.54, 1.807) is 32.4 Å². The molecule has 0 heterocycles. The van der Waals surface area contributed by atoms with E-state index in [0.29, 0.717) is 29.2 Å². The standard InChI is InChI=1S/C18H22BrNO4S/c1-4-14-11-15(19)5-6-18(14)25(21,22)20-8-7-13-9-16(23-2)12-17(10-13)24-3/h5-6,9-12,20H,4,7-8H2,1-3H3. The summed E-state index contributed by atoms with van der Waals surface area (Å²) in [6.45, 7) is 2.22. The van der Waals surface area contributed by atoms with Crippen molar-refractivity contribution in [2.45, 2.75) is 24.7 Å². The van der Waals surface area contributed by atoms with Crippen LogP contribution in [0.15, 0.2) is 45.8 Å². The molecule has 0 saturated heterocycles. The fraction of sp³-hybridized carbons (Fsp3) is 0.333. The predicted molar refractivity (Wildman–Crippen MR) is 102 cm³/mol. The smallest absolute Gasteiger partial charge is 0.240 e. The van der Waals surface area contributed by atoms with Crippen LogP contribution in [0, 0.1) is 0 Å². The van der Waals surface area contributed by atoms with Crippen LogP contribution < -0.4 is 14.2 Å². The molecule has 5 nitrogen and oxygen atoms in total. The highest BCUT2D eigenvalue weighted by Gasteiger charge is 2.17. The van der Waals surface area contributed by atoms with E-state index in [4.69, 9.17) is 9.47 Å². The van der Waals surface area contributed by atoms with Crippen molar-refractivity contribution in [1.29, 1.82) is 0 Å². The van der Waals surface area contributed by atoms with Crippen LogP contribution in [0.25, 0.3) is 0 Å². The Labute approximate surface area is 157 Å². The summed E-state index contributed by atoms with van der Waals surface area (Å²) in [6, 6.07) is 10.7. The molecule has 0 saturated carbocycles. The number of sulfonamides is 1. The van der Waals surface area contributed by atoms with Gasteiger partial charge in [-0.2, -0.15) is 0 Å². The maximum absolute atomic E-state index is 12.6. The van der Waals surface area contributed by atoms with Crippen molar-refractivity contribution in [3.05, 3.63) is 52.0 Å². The van der Waals surface area contributed by atoms with Gasteiger partial charge in [0.05, 0.1) is 19.1 Å². The summed E-state index contributed by atoms with van der Waals surface area (Å²) < 4.78 is 39.2. The van der Waals surface area contributed by atoms with Crippen LogP contribution >= 0.6 is 15.9 Å². The van der Waals surface area contributed by atoms with Crippen LogP contribution in [0.1, 0.15) is 18.1 Å². The van der Waals surface area contributed by atoms with Crippen LogP contribution in [-0.2, 0) is 22.9 Å². The van der Waals surface area contributed by atoms with E-state index in [2.05, 4.69) is 20.7 Å². The number of methoxy groups -OCH3 is 2. The zero-order valence-corrected chi connectivity index (χ0v) is 16.9. The van der Waals surface area contributed by atoms with Crippen LogP contribution in [0.4, 0.5) is 0 Å². The quantitative estimate of drug-likeness (QED) is 0.699. The average Bonchev–Trinajstić information content (AvgIpc) is 2.60. The Kier molecular flexibility index (Phi) is 6.87. The fourth-order valence-electron chi connectivity index (χ4n) is 2.50. The zero-order chi connectivity index (χ0) is 18.4. The zero-order valence-electron chi connectivity index (χ0n) is 14.5. The Hall–Kier alpha value is -1.57. The molecular weight excluding hydrogens is 406 g/mol. The molecule has 2 aromatic carbocycles. The first kappa shape index (κ1) is 19.8. The number of benzene rings is 2. The number of aryl methyl sites for hydroxylation is 1. The molecule has 0 bridgehead atoms. The Balaban J connectivity index is 2.11.